The van der Waals surface area contributed by atoms with Gasteiger partial charge in [0.1, 0.15) is 18.0 Å². The molecule has 0 unspecified atom stereocenters. The van der Waals surface area contributed by atoms with Crippen molar-refractivity contribution in [2.75, 3.05) is 40.3 Å². The number of aromatic nitrogens is 9. The molecule has 6 heterocycles. The van der Waals surface area contributed by atoms with Crippen LogP contribution in [0.2, 0.25) is 0 Å². The highest BCUT2D eigenvalue weighted by atomic mass is 16.3. The number of aliphatic hydroxyl groups is 1. The van der Waals surface area contributed by atoms with Gasteiger partial charge in [0.25, 0.3) is 0 Å². The van der Waals surface area contributed by atoms with Crippen LogP contribution in [0.4, 0.5) is 40.6 Å². The zero-order valence-electron chi connectivity index (χ0n) is 30.4. The van der Waals surface area contributed by atoms with E-state index in [1.807, 2.05) is 116 Å². The summed E-state index contributed by atoms with van der Waals surface area (Å²) in [5, 5.41) is 38.6. The number of hydrogen-bond acceptors (Lipinski definition) is 12. The summed E-state index contributed by atoms with van der Waals surface area (Å²) in [6.07, 6.45) is 4.97. The summed E-state index contributed by atoms with van der Waals surface area (Å²) >= 11 is 0. The number of carbonyl (C=O) groups excluding carboxylic acids is 1. The van der Waals surface area contributed by atoms with Gasteiger partial charge in [-0.2, -0.15) is 24.1 Å². The molecule has 16 nitrogen and oxygen atoms in total. The highest BCUT2D eigenvalue weighted by Crippen LogP contribution is 2.39. The third-order valence-electron chi connectivity index (χ3n) is 9.79. The van der Waals surface area contributed by atoms with Gasteiger partial charge >= 0.3 is 0 Å². The van der Waals surface area contributed by atoms with Gasteiger partial charge in [-0.05, 0) is 106 Å². The second-order valence-corrected chi connectivity index (χ2v) is 14.2. The number of nitrogens with zero attached hydrogens (tertiary/aromatic N) is 9. The number of carbonyl (C=O) groups is 1. The van der Waals surface area contributed by atoms with Crippen molar-refractivity contribution in [3.8, 4) is 11.4 Å². The molecule has 2 aromatic carbocycles. The third-order valence-corrected chi connectivity index (χ3v) is 9.79. The quantitative estimate of drug-likeness (QED) is 0.112. The van der Waals surface area contributed by atoms with Crippen LogP contribution in [-0.4, -0.2) is 81.6 Å². The maximum absolute atomic E-state index is 12.1. The van der Waals surface area contributed by atoms with Crippen molar-refractivity contribution < 1.29 is 9.90 Å². The minimum atomic E-state index is -0.504. The fourth-order valence-electron chi connectivity index (χ4n) is 6.76. The van der Waals surface area contributed by atoms with Gasteiger partial charge in [0, 0.05) is 42.8 Å². The minimum absolute atomic E-state index is 0.0149. The molecule has 0 saturated heterocycles. The molecular weight excluding hydrogens is 685 g/mol. The van der Waals surface area contributed by atoms with E-state index in [0.717, 1.165) is 76.8 Å². The summed E-state index contributed by atoms with van der Waals surface area (Å²) < 4.78 is 3.61. The number of hydrogen-bond donors (Lipinski definition) is 6. The SMILES string of the molecule is CN(C)c1cccc2nc(Nc3ccc4c(c3)NC(=O)C4(C)C)nn12.O[C@H]1CC[C@@H](Nc2cccc3nc(Nc4ccc(-c5nc[nH]n5)cc4)nn23)CC1. The molecular formula is C38H42N14O2. The first-order valence-electron chi connectivity index (χ1n) is 17.9. The fraction of sp³-hybridized carbons (Fsp3) is 0.289. The summed E-state index contributed by atoms with van der Waals surface area (Å²) in [4.78, 5) is 27.3. The van der Waals surface area contributed by atoms with Crippen LogP contribution in [0.5, 0.6) is 0 Å². The summed E-state index contributed by atoms with van der Waals surface area (Å²) in [5.41, 5.74) is 5.52. The average molecular weight is 727 g/mol. The molecule has 0 bridgehead atoms. The van der Waals surface area contributed by atoms with E-state index in [1.54, 1.807) is 10.8 Å². The number of rotatable bonds is 8. The molecule has 7 aromatic rings. The van der Waals surface area contributed by atoms with Crippen molar-refractivity contribution in [3.63, 3.8) is 0 Å². The molecule has 1 saturated carbocycles. The molecule has 6 N–H and O–H groups in total. The monoisotopic (exact) mass is 726 g/mol. The van der Waals surface area contributed by atoms with Crippen molar-refractivity contribution in [1.82, 2.24) is 44.4 Å². The van der Waals surface area contributed by atoms with Crippen LogP contribution in [0.25, 0.3) is 22.7 Å². The third kappa shape index (κ3) is 6.98. The Labute approximate surface area is 311 Å². The number of aliphatic hydroxyl groups excluding tert-OH is 1. The Morgan fingerprint density at radius 3 is 2.20 bits per heavy atom. The Hall–Kier alpha value is -6.55. The molecule has 1 aliphatic carbocycles. The van der Waals surface area contributed by atoms with E-state index in [2.05, 4.69) is 56.6 Å². The van der Waals surface area contributed by atoms with Crippen molar-refractivity contribution in [2.45, 2.75) is 57.1 Å². The largest absolute Gasteiger partial charge is 0.393 e. The molecule has 9 rings (SSSR count). The van der Waals surface area contributed by atoms with Crippen molar-refractivity contribution >= 4 is 57.8 Å². The van der Waals surface area contributed by atoms with E-state index in [0.29, 0.717) is 23.8 Å². The molecule has 0 spiro atoms. The maximum atomic E-state index is 12.1. The number of benzene rings is 2. The highest BCUT2D eigenvalue weighted by Gasteiger charge is 2.38. The van der Waals surface area contributed by atoms with E-state index in [4.69, 9.17) is 0 Å². The molecule has 0 atom stereocenters. The van der Waals surface area contributed by atoms with E-state index in [9.17, 15) is 9.90 Å². The van der Waals surface area contributed by atoms with Crippen LogP contribution in [0.1, 0.15) is 45.1 Å². The van der Waals surface area contributed by atoms with Crippen LogP contribution < -0.4 is 26.2 Å². The number of anilines is 7. The first kappa shape index (κ1) is 34.5. The summed E-state index contributed by atoms with van der Waals surface area (Å²) in [7, 11) is 3.93. The first-order chi connectivity index (χ1) is 26.1. The van der Waals surface area contributed by atoms with Crippen molar-refractivity contribution in [1.29, 1.82) is 0 Å². The molecule has 2 aliphatic rings. The van der Waals surface area contributed by atoms with Gasteiger partial charge in [-0.1, -0.05) is 18.2 Å². The fourth-order valence-corrected chi connectivity index (χ4v) is 6.76. The summed E-state index contributed by atoms with van der Waals surface area (Å²) in [5.74, 6) is 3.57. The number of aromatic amines is 1. The zero-order valence-corrected chi connectivity index (χ0v) is 30.4. The number of amides is 1. The van der Waals surface area contributed by atoms with Crippen molar-refractivity contribution in [2.24, 2.45) is 0 Å². The van der Waals surface area contributed by atoms with Crippen LogP contribution >= 0.6 is 0 Å². The number of fused-ring (bicyclic) bond motifs is 3. The van der Waals surface area contributed by atoms with Gasteiger partial charge in [-0.15, -0.1) is 10.2 Å². The molecule has 0 radical (unpaired) electrons. The van der Waals surface area contributed by atoms with Crippen LogP contribution in [0.3, 0.4) is 0 Å². The Morgan fingerprint density at radius 1 is 0.833 bits per heavy atom. The molecule has 16 heteroatoms. The van der Waals surface area contributed by atoms with Gasteiger partial charge in [0.05, 0.1) is 11.5 Å². The Balaban J connectivity index is 0.000000155. The molecule has 54 heavy (non-hydrogen) atoms. The maximum Gasteiger partial charge on any atom is 0.247 e. The number of H-pyrrole nitrogens is 1. The molecule has 276 valence electrons. The van der Waals surface area contributed by atoms with Crippen LogP contribution in [0, 0.1) is 0 Å². The summed E-state index contributed by atoms with van der Waals surface area (Å²) in [6.45, 7) is 3.85. The second-order valence-electron chi connectivity index (χ2n) is 14.2. The topological polar surface area (TPSA) is 191 Å². The van der Waals surface area contributed by atoms with Gasteiger partial charge in [-0.3, -0.25) is 9.89 Å². The van der Waals surface area contributed by atoms with E-state index >= 15 is 0 Å². The van der Waals surface area contributed by atoms with Gasteiger partial charge in [0.15, 0.2) is 17.1 Å². The van der Waals surface area contributed by atoms with Crippen LogP contribution in [-0.2, 0) is 10.2 Å². The predicted octanol–water partition coefficient (Wildman–Crippen LogP) is 5.74. The standard InChI is InChI=1S/C20H22N8O.C18H20N6O/c29-16-10-8-14(9-11-16)23-17-2-1-3-18-25-20(27-28(17)18)24-15-6-4-13(5-7-15)19-21-12-22-26-19;1-18(2)12-9-8-11(10-13(12)20-16(18)25)19-17-21-14-6-5-7-15(23(3)4)24(14)22-17/h1-7,12,14,16,23,29H,8-11H2,(H,24,27)(H,21,22,26);5-10H,1-4H3,(H,19,22)(H,20,25)/t14-,16+;. The lowest BCUT2D eigenvalue weighted by Gasteiger charge is -2.26. The predicted molar refractivity (Wildman–Crippen MR) is 209 cm³/mol. The highest BCUT2D eigenvalue weighted by molar-refractivity contribution is 6.06. The second kappa shape index (κ2) is 14.1. The molecule has 1 fully saturated rings. The Kier molecular flexibility index (Phi) is 9.03. The van der Waals surface area contributed by atoms with E-state index in [-0.39, 0.29) is 12.0 Å². The summed E-state index contributed by atoms with van der Waals surface area (Å²) in [6, 6.07) is 25.7. The minimum Gasteiger partial charge on any atom is -0.393 e. The lowest BCUT2D eigenvalue weighted by molar-refractivity contribution is -0.119. The smallest absolute Gasteiger partial charge is 0.247 e. The number of pyridine rings is 2. The molecule has 1 amide bonds. The Morgan fingerprint density at radius 2 is 1.50 bits per heavy atom. The molecule has 1 aliphatic heterocycles. The molecule has 5 aromatic heterocycles. The van der Waals surface area contributed by atoms with Gasteiger partial charge in [0.2, 0.25) is 17.8 Å². The van der Waals surface area contributed by atoms with Crippen molar-refractivity contribution in [3.05, 3.63) is 90.8 Å². The van der Waals surface area contributed by atoms with Gasteiger partial charge in [-0.25, -0.2) is 4.98 Å². The lowest BCUT2D eigenvalue weighted by Crippen LogP contribution is -2.29. The van der Waals surface area contributed by atoms with Gasteiger partial charge < -0.3 is 31.3 Å². The zero-order chi connectivity index (χ0) is 37.4. The van der Waals surface area contributed by atoms with E-state index in [1.165, 1.54) is 0 Å². The normalized spacial score (nSPS) is 17.4. The number of nitrogens with one attached hydrogen (secondary N) is 5. The van der Waals surface area contributed by atoms with Crippen LogP contribution in [0.15, 0.2) is 85.2 Å². The first-order valence-corrected chi connectivity index (χ1v) is 17.9. The Bertz CT molecular complexity index is 2410. The lowest BCUT2D eigenvalue weighted by atomic mass is 9.86. The average Bonchev–Trinajstić information content (AvgIpc) is 3.96. The van der Waals surface area contributed by atoms with E-state index < -0.39 is 5.41 Å².